The van der Waals surface area contributed by atoms with Crippen molar-refractivity contribution in [2.45, 2.75) is 31.5 Å². The summed E-state index contributed by atoms with van der Waals surface area (Å²) >= 11 is 0. The first-order chi connectivity index (χ1) is 5.29. The maximum absolute atomic E-state index is 9.62. The summed E-state index contributed by atoms with van der Waals surface area (Å²) in [5.74, 6) is 2.34. The quantitative estimate of drug-likeness (QED) is 0.529. The second-order valence-electron chi connectivity index (χ2n) is 4.46. The number of hydrogen-bond donors (Lipinski definition) is 2. The minimum absolute atomic E-state index is 0.383. The highest BCUT2D eigenvalue weighted by Gasteiger charge is 2.60. The van der Waals surface area contributed by atoms with Gasteiger partial charge in [-0.1, -0.05) is 0 Å². The first-order valence-electron chi connectivity index (χ1n) is 4.65. The molecule has 0 heterocycles. The summed E-state index contributed by atoms with van der Waals surface area (Å²) in [6, 6.07) is 0. The Morgan fingerprint density at radius 3 is 2.36 bits per heavy atom. The molecule has 6 atom stereocenters. The monoisotopic (exact) mass is 154 g/mol. The lowest BCUT2D eigenvalue weighted by atomic mass is 9.83. The van der Waals surface area contributed by atoms with Gasteiger partial charge < -0.3 is 10.2 Å². The molecular formula is C9H14O2. The van der Waals surface area contributed by atoms with Crippen molar-refractivity contribution < 1.29 is 10.2 Å². The van der Waals surface area contributed by atoms with Crippen LogP contribution in [0.5, 0.6) is 0 Å². The van der Waals surface area contributed by atoms with Crippen LogP contribution in [0.2, 0.25) is 0 Å². The van der Waals surface area contributed by atoms with E-state index in [4.69, 9.17) is 0 Å². The lowest BCUT2D eigenvalue weighted by molar-refractivity contribution is -0.0344. The normalized spacial score (nSPS) is 66.0. The molecule has 11 heavy (non-hydrogen) atoms. The van der Waals surface area contributed by atoms with E-state index in [2.05, 4.69) is 0 Å². The smallest absolute Gasteiger partial charge is 0.0835 e. The third kappa shape index (κ3) is 0.574. The molecule has 3 saturated carbocycles. The van der Waals surface area contributed by atoms with Crippen LogP contribution in [-0.4, -0.2) is 22.4 Å². The van der Waals surface area contributed by atoms with Crippen molar-refractivity contribution in [3.05, 3.63) is 0 Å². The molecular weight excluding hydrogens is 140 g/mol. The summed E-state index contributed by atoms with van der Waals surface area (Å²) in [5, 5.41) is 19.2. The van der Waals surface area contributed by atoms with Gasteiger partial charge in [0, 0.05) is 0 Å². The van der Waals surface area contributed by atoms with Crippen LogP contribution < -0.4 is 0 Å². The average molecular weight is 154 g/mol. The molecule has 0 aliphatic heterocycles. The molecule has 4 bridgehead atoms. The van der Waals surface area contributed by atoms with Crippen LogP contribution >= 0.6 is 0 Å². The fourth-order valence-electron chi connectivity index (χ4n) is 3.85. The van der Waals surface area contributed by atoms with Crippen LogP contribution in [0, 0.1) is 23.7 Å². The van der Waals surface area contributed by atoms with Crippen molar-refractivity contribution in [3.63, 3.8) is 0 Å². The molecule has 62 valence electrons. The Bertz CT molecular complexity index is 192. The van der Waals surface area contributed by atoms with Crippen LogP contribution in [0.15, 0.2) is 0 Å². The van der Waals surface area contributed by atoms with E-state index in [9.17, 15) is 10.2 Å². The SMILES string of the molecule is OC1C(O)C2C3CCC2C1C3. The fraction of sp³-hybridized carbons (Fsp3) is 1.00. The van der Waals surface area contributed by atoms with E-state index in [0.29, 0.717) is 17.8 Å². The van der Waals surface area contributed by atoms with E-state index in [1.165, 1.54) is 19.3 Å². The van der Waals surface area contributed by atoms with Crippen molar-refractivity contribution in [2.75, 3.05) is 0 Å². The summed E-state index contributed by atoms with van der Waals surface area (Å²) in [6.07, 6.45) is 2.98. The zero-order chi connectivity index (χ0) is 7.59. The highest BCUT2D eigenvalue weighted by Crippen LogP contribution is 2.60. The lowest BCUT2D eigenvalue weighted by Crippen LogP contribution is -2.36. The van der Waals surface area contributed by atoms with Crippen molar-refractivity contribution in [1.82, 2.24) is 0 Å². The van der Waals surface area contributed by atoms with Crippen molar-refractivity contribution in [2.24, 2.45) is 23.7 Å². The Balaban J connectivity index is 1.99. The maximum Gasteiger partial charge on any atom is 0.0835 e. The minimum atomic E-state index is -0.387. The first kappa shape index (κ1) is 6.44. The molecule has 2 N–H and O–H groups in total. The molecule has 0 aromatic heterocycles. The second kappa shape index (κ2) is 1.80. The van der Waals surface area contributed by atoms with E-state index < -0.39 is 0 Å². The van der Waals surface area contributed by atoms with Crippen molar-refractivity contribution >= 4 is 0 Å². The van der Waals surface area contributed by atoms with E-state index in [1.54, 1.807) is 0 Å². The molecule has 0 spiro atoms. The number of hydrogen-bond acceptors (Lipinski definition) is 2. The standard InChI is InChI=1S/C9H14O2/c10-8-6-3-4-1-2-5(6)7(4)9(8)11/h4-11H,1-3H2. The van der Waals surface area contributed by atoms with Crippen molar-refractivity contribution in [3.8, 4) is 0 Å². The highest BCUT2D eigenvalue weighted by atomic mass is 16.3. The van der Waals surface area contributed by atoms with Gasteiger partial charge in [-0.05, 0) is 42.9 Å². The summed E-state index contributed by atoms with van der Waals surface area (Å²) in [5.41, 5.74) is 0. The summed E-state index contributed by atoms with van der Waals surface area (Å²) in [6.45, 7) is 0. The molecule has 2 heteroatoms. The zero-order valence-corrected chi connectivity index (χ0v) is 6.48. The third-order valence-corrected chi connectivity index (χ3v) is 4.22. The van der Waals surface area contributed by atoms with Gasteiger partial charge in [0.25, 0.3) is 0 Å². The molecule has 0 aromatic rings. The van der Waals surface area contributed by atoms with Crippen molar-refractivity contribution in [1.29, 1.82) is 0 Å². The predicted octanol–water partition coefficient (Wildman–Crippen LogP) is 0.384. The average Bonchev–Trinajstić information content (AvgIpc) is 2.61. The van der Waals surface area contributed by atoms with E-state index >= 15 is 0 Å². The fourth-order valence-corrected chi connectivity index (χ4v) is 3.85. The summed E-state index contributed by atoms with van der Waals surface area (Å²) < 4.78 is 0. The Kier molecular flexibility index (Phi) is 1.06. The number of rotatable bonds is 0. The van der Waals surface area contributed by atoms with Gasteiger partial charge in [0.1, 0.15) is 0 Å². The zero-order valence-electron chi connectivity index (χ0n) is 6.48. The first-order valence-corrected chi connectivity index (χ1v) is 4.65. The van der Waals surface area contributed by atoms with Gasteiger partial charge in [0.05, 0.1) is 12.2 Å². The molecule has 2 nitrogen and oxygen atoms in total. The van der Waals surface area contributed by atoms with Crippen LogP contribution in [0.25, 0.3) is 0 Å². The molecule has 6 unspecified atom stereocenters. The van der Waals surface area contributed by atoms with Gasteiger partial charge in [-0.15, -0.1) is 0 Å². The predicted molar refractivity (Wildman–Crippen MR) is 39.8 cm³/mol. The van der Waals surface area contributed by atoms with Gasteiger partial charge in [-0.2, -0.15) is 0 Å². The van der Waals surface area contributed by atoms with Gasteiger partial charge in [0.15, 0.2) is 0 Å². The maximum atomic E-state index is 9.62. The Morgan fingerprint density at radius 2 is 1.73 bits per heavy atom. The van der Waals surface area contributed by atoms with E-state index in [0.717, 1.165) is 5.92 Å². The second-order valence-corrected chi connectivity index (χ2v) is 4.46. The minimum Gasteiger partial charge on any atom is -0.390 e. The van der Waals surface area contributed by atoms with Gasteiger partial charge in [-0.25, -0.2) is 0 Å². The van der Waals surface area contributed by atoms with E-state index in [1.807, 2.05) is 0 Å². The van der Waals surface area contributed by atoms with E-state index in [-0.39, 0.29) is 12.2 Å². The molecule has 3 fully saturated rings. The van der Waals surface area contributed by atoms with Gasteiger partial charge >= 0.3 is 0 Å². The largest absolute Gasteiger partial charge is 0.390 e. The summed E-state index contributed by atoms with van der Waals surface area (Å²) in [4.78, 5) is 0. The Hall–Kier alpha value is -0.0800. The van der Waals surface area contributed by atoms with Crippen LogP contribution in [0.4, 0.5) is 0 Å². The molecule has 3 aliphatic rings. The Labute approximate surface area is 66.2 Å². The molecule has 3 aliphatic carbocycles. The van der Waals surface area contributed by atoms with Crippen LogP contribution in [-0.2, 0) is 0 Å². The summed E-state index contributed by atoms with van der Waals surface area (Å²) in [7, 11) is 0. The van der Waals surface area contributed by atoms with Gasteiger partial charge in [-0.3, -0.25) is 0 Å². The highest BCUT2D eigenvalue weighted by molar-refractivity contribution is 5.10. The number of aliphatic hydroxyl groups is 2. The molecule has 3 rings (SSSR count). The molecule has 0 radical (unpaired) electrons. The third-order valence-electron chi connectivity index (χ3n) is 4.22. The Morgan fingerprint density at radius 1 is 0.909 bits per heavy atom. The lowest BCUT2D eigenvalue weighted by Gasteiger charge is -2.29. The molecule has 0 amide bonds. The van der Waals surface area contributed by atoms with Crippen LogP contribution in [0.3, 0.4) is 0 Å². The topological polar surface area (TPSA) is 40.5 Å². The van der Waals surface area contributed by atoms with Crippen LogP contribution in [0.1, 0.15) is 19.3 Å². The van der Waals surface area contributed by atoms with Gasteiger partial charge in [0.2, 0.25) is 0 Å². The molecule has 0 saturated heterocycles. The number of aliphatic hydroxyl groups excluding tert-OH is 2. The molecule has 0 aromatic carbocycles.